The van der Waals surface area contributed by atoms with E-state index < -0.39 is 0 Å². The van der Waals surface area contributed by atoms with E-state index in [1.54, 1.807) is 14.2 Å². The van der Waals surface area contributed by atoms with Crippen molar-refractivity contribution in [3.05, 3.63) is 65.2 Å². The zero-order valence-corrected chi connectivity index (χ0v) is 17.1. The van der Waals surface area contributed by atoms with Crippen molar-refractivity contribution < 1.29 is 9.53 Å². The lowest BCUT2D eigenvalue weighted by molar-refractivity contribution is -0.120. The number of piperidine rings is 1. The molecule has 0 atom stereocenters. The second-order valence-corrected chi connectivity index (χ2v) is 7.76. The number of aryl methyl sites for hydroxylation is 1. The van der Waals surface area contributed by atoms with Gasteiger partial charge in [0.2, 0.25) is 5.91 Å². The summed E-state index contributed by atoms with van der Waals surface area (Å²) in [5, 5.41) is 2.68. The van der Waals surface area contributed by atoms with Crippen LogP contribution in [0.4, 0.5) is 0 Å². The molecule has 0 radical (unpaired) electrons. The second kappa shape index (κ2) is 10.3. The van der Waals surface area contributed by atoms with Crippen LogP contribution in [0.2, 0.25) is 0 Å². The third-order valence-electron chi connectivity index (χ3n) is 5.71. The Hall–Kier alpha value is -2.33. The van der Waals surface area contributed by atoms with Crippen molar-refractivity contribution in [1.29, 1.82) is 0 Å². The number of hydrogen-bond donors (Lipinski definition) is 1. The lowest BCUT2D eigenvalue weighted by atomic mass is 9.89. The molecule has 0 aromatic heterocycles. The molecule has 4 nitrogen and oxygen atoms in total. The summed E-state index contributed by atoms with van der Waals surface area (Å²) < 4.78 is 5.33. The average molecular weight is 381 g/mol. The topological polar surface area (TPSA) is 41.6 Å². The van der Waals surface area contributed by atoms with Crippen LogP contribution in [0, 0.1) is 5.92 Å². The van der Waals surface area contributed by atoms with Gasteiger partial charge in [0.25, 0.3) is 0 Å². The highest BCUT2D eigenvalue weighted by Gasteiger charge is 2.19. The summed E-state index contributed by atoms with van der Waals surface area (Å²) >= 11 is 0. The summed E-state index contributed by atoms with van der Waals surface area (Å²) in [6.45, 7) is 3.32. The van der Waals surface area contributed by atoms with E-state index in [9.17, 15) is 4.79 Å². The molecule has 0 unspecified atom stereocenters. The summed E-state index contributed by atoms with van der Waals surface area (Å²) in [6, 6.07) is 17.2. The molecule has 2 aromatic carbocycles. The van der Waals surface area contributed by atoms with E-state index in [-0.39, 0.29) is 5.91 Å². The van der Waals surface area contributed by atoms with Crippen LogP contribution in [-0.4, -0.2) is 38.1 Å². The maximum atomic E-state index is 11.4. The van der Waals surface area contributed by atoms with E-state index in [0.29, 0.717) is 6.42 Å². The fourth-order valence-electron chi connectivity index (χ4n) is 3.94. The average Bonchev–Trinajstić information content (AvgIpc) is 2.74. The molecule has 1 aliphatic rings. The molecule has 1 N–H and O–H groups in total. The first-order valence-electron chi connectivity index (χ1n) is 10.3. The van der Waals surface area contributed by atoms with Crippen molar-refractivity contribution in [3.8, 4) is 5.75 Å². The van der Waals surface area contributed by atoms with Crippen LogP contribution >= 0.6 is 0 Å². The third kappa shape index (κ3) is 6.10. The zero-order chi connectivity index (χ0) is 19.8. The highest BCUT2D eigenvalue weighted by molar-refractivity contribution is 5.75. The molecule has 1 amide bonds. The van der Waals surface area contributed by atoms with Crippen molar-refractivity contribution >= 4 is 5.91 Å². The number of rotatable bonds is 8. The van der Waals surface area contributed by atoms with E-state index in [1.807, 2.05) is 6.07 Å². The molecule has 0 saturated carbocycles. The molecule has 0 bridgehead atoms. The Morgan fingerprint density at radius 3 is 2.46 bits per heavy atom. The van der Waals surface area contributed by atoms with Gasteiger partial charge in [-0.1, -0.05) is 36.4 Å². The summed E-state index contributed by atoms with van der Waals surface area (Å²) in [6.07, 6.45) is 5.03. The van der Waals surface area contributed by atoms with Gasteiger partial charge in [-0.3, -0.25) is 9.69 Å². The molecule has 150 valence electrons. The Morgan fingerprint density at radius 1 is 1.07 bits per heavy atom. The normalized spacial score (nSPS) is 15.4. The monoisotopic (exact) mass is 380 g/mol. The predicted octanol–water partition coefficient (Wildman–Crippen LogP) is 3.83. The molecular weight excluding hydrogens is 348 g/mol. The Morgan fingerprint density at radius 2 is 1.79 bits per heavy atom. The fourth-order valence-corrected chi connectivity index (χ4v) is 3.94. The first kappa shape index (κ1) is 20.4. The van der Waals surface area contributed by atoms with Crippen molar-refractivity contribution in [2.45, 2.75) is 38.6 Å². The van der Waals surface area contributed by atoms with Gasteiger partial charge in [0.05, 0.1) is 7.11 Å². The molecule has 2 aromatic rings. The second-order valence-electron chi connectivity index (χ2n) is 7.76. The van der Waals surface area contributed by atoms with E-state index >= 15 is 0 Å². The van der Waals surface area contributed by atoms with Gasteiger partial charge >= 0.3 is 0 Å². The highest BCUT2D eigenvalue weighted by atomic mass is 16.5. The van der Waals surface area contributed by atoms with Crippen LogP contribution in [0.15, 0.2) is 48.5 Å². The molecule has 0 spiro atoms. The van der Waals surface area contributed by atoms with Crippen molar-refractivity contribution in [2.75, 3.05) is 27.2 Å². The molecule has 3 rings (SSSR count). The Balaban J connectivity index is 1.43. The van der Waals surface area contributed by atoms with Crippen LogP contribution in [0.3, 0.4) is 0 Å². The number of nitrogens with zero attached hydrogens (tertiary/aromatic N) is 1. The molecule has 1 heterocycles. The van der Waals surface area contributed by atoms with E-state index in [2.05, 4.69) is 52.7 Å². The first-order valence-corrected chi connectivity index (χ1v) is 10.3. The van der Waals surface area contributed by atoms with Gasteiger partial charge in [0, 0.05) is 20.0 Å². The number of ether oxygens (including phenoxy) is 1. The molecule has 1 fully saturated rings. The predicted molar refractivity (Wildman–Crippen MR) is 114 cm³/mol. The first-order chi connectivity index (χ1) is 13.7. The lowest BCUT2D eigenvalue weighted by Gasteiger charge is -2.32. The van der Waals surface area contributed by atoms with Crippen LogP contribution in [0.5, 0.6) is 5.75 Å². The summed E-state index contributed by atoms with van der Waals surface area (Å²) in [7, 11) is 3.41. The zero-order valence-electron chi connectivity index (χ0n) is 17.1. The van der Waals surface area contributed by atoms with E-state index in [0.717, 1.165) is 44.1 Å². The molecule has 1 saturated heterocycles. The van der Waals surface area contributed by atoms with Gasteiger partial charge in [-0.25, -0.2) is 0 Å². The highest BCUT2D eigenvalue weighted by Crippen LogP contribution is 2.24. The molecule has 28 heavy (non-hydrogen) atoms. The number of carbonyl (C=O) groups excluding carboxylic acids is 1. The molecule has 4 heteroatoms. The minimum absolute atomic E-state index is 0.102. The van der Waals surface area contributed by atoms with E-state index in [1.165, 1.54) is 29.5 Å². The van der Waals surface area contributed by atoms with Crippen LogP contribution in [0.25, 0.3) is 0 Å². The van der Waals surface area contributed by atoms with Crippen LogP contribution in [-0.2, 0) is 24.2 Å². The minimum Gasteiger partial charge on any atom is -0.497 e. The maximum absolute atomic E-state index is 11.4. The maximum Gasteiger partial charge on any atom is 0.220 e. The van der Waals surface area contributed by atoms with Gasteiger partial charge in [0.15, 0.2) is 0 Å². The number of amides is 1. The van der Waals surface area contributed by atoms with E-state index in [4.69, 9.17) is 4.74 Å². The number of benzene rings is 2. The van der Waals surface area contributed by atoms with Gasteiger partial charge in [0.1, 0.15) is 5.75 Å². The van der Waals surface area contributed by atoms with Gasteiger partial charge in [-0.2, -0.15) is 0 Å². The van der Waals surface area contributed by atoms with Crippen molar-refractivity contribution in [2.24, 2.45) is 5.92 Å². The number of nitrogens with one attached hydrogen (secondary N) is 1. The number of methoxy groups -OCH3 is 1. The number of likely N-dealkylation sites (tertiary alicyclic amines) is 1. The minimum atomic E-state index is 0.102. The lowest BCUT2D eigenvalue weighted by Crippen LogP contribution is -2.33. The largest absolute Gasteiger partial charge is 0.497 e. The van der Waals surface area contributed by atoms with Gasteiger partial charge in [-0.05, 0) is 73.5 Å². The van der Waals surface area contributed by atoms with Crippen molar-refractivity contribution in [3.63, 3.8) is 0 Å². The van der Waals surface area contributed by atoms with Crippen LogP contribution < -0.4 is 10.1 Å². The number of carbonyl (C=O) groups is 1. The Bertz CT molecular complexity index is 749. The standard InChI is InChI=1S/C24H32N2O2/c1-25-24(27)11-10-19-6-8-20(9-7-19)16-21-12-14-26(15-13-21)18-22-4-3-5-23(17-22)28-2/h3-9,17,21H,10-16,18H2,1-2H3,(H,25,27). The molecule has 0 aliphatic carbocycles. The SMILES string of the molecule is CNC(=O)CCc1ccc(CC2CCN(Cc3cccc(OC)c3)CC2)cc1. The summed E-state index contributed by atoms with van der Waals surface area (Å²) in [5.41, 5.74) is 3.97. The smallest absolute Gasteiger partial charge is 0.220 e. The van der Waals surface area contributed by atoms with Gasteiger partial charge in [-0.15, -0.1) is 0 Å². The summed E-state index contributed by atoms with van der Waals surface area (Å²) in [4.78, 5) is 13.9. The van der Waals surface area contributed by atoms with Crippen LogP contribution in [0.1, 0.15) is 36.0 Å². The number of hydrogen-bond acceptors (Lipinski definition) is 3. The molecular formula is C24H32N2O2. The Labute approximate surface area is 168 Å². The fraction of sp³-hybridized carbons (Fsp3) is 0.458. The Kier molecular flexibility index (Phi) is 7.49. The third-order valence-corrected chi connectivity index (χ3v) is 5.71. The quantitative estimate of drug-likeness (QED) is 0.757. The summed E-state index contributed by atoms with van der Waals surface area (Å²) in [5.74, 6) is 1.80. The van der Waals surface area contributed by atoms with Crippen molar-refractivity contribution in [1.82, 2.24) is 10.2 Å². The molecule has 1 aliphatic heterocycles. The van der Waals surface area contributed by atoms with Gasteiger partial charge < -0.3 is 10.1 Å².